The van der Waals surface area contributed by atoms with Gasteiger partial charge in [-0.05, 0) is 32.0 Å². The lowest BCUT2D eigenvalue weighted by Gasteiger charge is -2.17. The predicted octanol–water partition coefficient (Wildman–Crippen LogP) is 4.51. The summed E-state index contributed by atoms with van der Waals surface area (Å²) in [5, 5.41) is 9.61. The summed E-state index contributed by atoms with van der Waals surface area (Å²) in [5.41, 5.74) is 0.319. The molecule has 4 nitrogen and oxygen atoms in total. The van der Waals surface area contributed by atoms with Crippen LogP contribution in [-0.4, -0.2) is 9.55 Å². The average molecular weight is 355 g/mol. The van der Waals surface area contributed by atoms with Crippen LogP contribution in [0.1, 0.15) is 25.5 Å². The minimum atomic E-state index is -1.62. The number of hydrogen-bond donors (Lipinski definition) is 1. The van der Waals surface area contributed by atoms with Crippen molar-refractivity contribution < 1.29 is 13.2 Å². The topological polar surface area (TPSA) is 61.6 Å². The molecule has 0 spiro atoms. The van der Waals surface area contributed by atoms with Crippen LogP contribution in [-0.2, 0) is 0 Å². The summed E-state index contributed by atoms with van der Waals surface area (Å²) in [5.74, 6) is -4.43. The van der Waals surface area contributed by atoms with Gasteiger partial charge < -0.3 is 9.55 Å². The van der Waals surface area contributed by atoms with E-state index in [0.717, 1.165) is 6.07 Å². The van der Waals surface area contributed by atoms with Gasteiger partial charge in [0.15, 0.2) is 22.9 Å². The Kier molecular flexibility index (Phi) is 3.34. The minimum Gasteiger partial charge on any atom is -0.340 e. The fraction of sp³-hybridized carbons (Fsp3) is 0.158. The third-order valence-electron chi connectivity index (χ3n) is 4.51. The summed E-state index contributed by atoms with van der Waals surface area (Å²) < 4.78 is 43.6. The minimum absolute atomic E-state index is 0.229. The zero-order valence-electron chi connectivity index (χ0n) is 13.8. The van der Waals surface area contributed by atoms with Crippen LogP contribution in [0.5, 0.6) is 0 Å². The highest BCUT2D eigenvalue weighted by atomic mass is 19.2. The van der Waals surface area contributed by atoms with Crippen LogP contribution >= 0.6 is 0 Å². The molecule has 0 radical (unpaired) electrons. The summed E-state index contributed by atoms with van der Waals surface area (Å²) in [7, 11) is 0. The number of halogens is 3. The van der Waals surface area contributed by atoms with Gasteiger partial charge in [-0.25, -0.2) is 13.2 Å². The quantitative estimate of drug-likeness (QED) is 0.511. The fourth-order valence-corrected chi connectivity index (χ4v) is 3.42. The van der Waals surface area contributed by atoms with Crippen LogP contribution in [0.3, 0.4) is 0 Å². The number of aromatic nitrogens is 2. The first-order valence-corrected chi connectivity index (χ1v) is 7.92. The van der Waals surface area contributed by atoms with Crippen LogP contribution in [0.25, 0.3) is 32.8 Å². The van der Waals surface area contributed by atoms with Crippen molar-refractivity contribution >= 4 is 32.8 Å². The van der Waals surface area contributed by atoms with Crippen molar-refractivity contribution in [2.75, 3.05) is 0 Å². The molecule has 7 heteroatoms. The molecule has 0 aliphatic carbocycles. The molecule has 2 aromatic carbocycles. The molecule has 1 N–H and O–H groups in total. The van der Waals surface area contributed by atoms with Gasteiger partial charge in [-0.2, -0.15) is 5.26 Å². The maximum absolute atomic E-state index is 14.5. The molecule has 4 aromatic rings. The van der Waals surface area contributed by atoms with Crippen molar-refractivity contribution in [1.82, 2.24) is 9.55 Å². The van der Waals surface area contributed by atoms with Gasteiger partial charge in [0.2, 0.25) is 0 Å². The largest absolute Gasteiger partial charge is 0.340 e. The van der Waals surface area contributed by atoms with Crippen LogP contribution in [0.2, 0.25) is 0 Å². The van der Waals surface area contributed by atoms with Gasteiger partial charge in [0.25, 0.3) is 0 Å². The molecule has 0 bridgehead atoms. The molecule has 0 fully saturated rings. The van der Waals surface area contributed by atoms with Gasteiger partial charge >= 0.3 is 0 Å². The van der Waals surface area contributed by atoms with E-state index in [9.17, 15) is 18.0 Å². The van der Waals surface area contributed by atoms with E-state index in [1.165, 1.54) is 4.57 Å². The first-order valence-electron chi connectivity index (χ1n) is 7.92. The van der Waals surface area contributed by atoms with Crippen LogP contribution in [0.15, 0.2) is 29.1 Å². The molecule has 4 rings (SSSR count). The Hall–Kier alpha value is -3.27. The molecule has 0 saturated heterocycles. The summed E-state index contributed by atoms with van der Waals surface area (Å²) >= 11 is 0. The van der Waals surface area contributed by atoms with Crippen molar-refractivity contribution in [3.05, 3.63) is 57.5 Å². The molecule has 130 valence electrons. The zero-order chi connectivity index (χ0) is 18.7. The number of rotatable bonds is 1. The molecular weight excluding hydrogens is 343 g/mol. The van der Waals surface area contributed by atoms with Crippen LogP contribution < -0.4 is 5.43 Å². The van der Waals surface area contributed by atoms with Crippen molar-refractivity contribution in [2.45, 2.75) is 19.9 Å². The third kappa shape index (κ3) is 1.99. The monoisotopic (exact) mass is 355 g/mol. The second-order valence-corrected chi connectivity index (χ2v) is 6.40. The van der Waals surface area contributed by atoms with Gasteiger partial charge in [-0.3, -0.25) is 4.79 Å². The SMILES string of the molecule is CC(C)n1c2[nH]c3cc(C#N)ccc3c2c(=O)c2cc(F)c(F)c(F)c21. The molecule has 0 amide bonds. The third-order valence-corrected chi connectivity index (χ3v) is 4.51. The number of H-pyrrole nitrogens is 1. The predicted molar refractivity (Wildman–Crippen MR) is 92.5 cm³/mol. The lowest BCUT2D eigenvalue weighted by Crippen LogP contribution is -2.15. The first kappa shape index (κ1) is 16.2. The Labute approximate surface area is 145 Å². The fourth-order valence-electron chi connectivity index (χ4n) is 3.42. The highest BCUT2D eigenvalue weighted by Crippen LogP contribution is 2.31. The number of nitrogens with zero attached hydrogens (tertiary/aromatic N) is 2. The zero-order valence-corrected chi connectivity index (χ0v) is 13.8. The normalized spacial score (nSPS) is 11.7. The maximum atomic E-state index is 14.5. The molecule has 26 heavy (non-hydrogen) atoms. The number of aromatic amines is 1. The molecule has 0 aliphatic heterocycles. The average Bonchev–Trinajstić information content (AvgIpc) is 2.98. The molecule has 2 heterocycles. The van der Waals surface area contributed by atoms with Gasteiger partial charge in [-0.1, -0.05) is 6.07 Å². The Balaban J connectivity index is 2.37. The highest BCUT2D eigenvalue weighted by Gasteiger charge is 2.24. The second kappa shape index (κ2) is 5.36. The van der Waals surface area contributed by atoms with Gasteiger partial charge in [-0.15, -0.1) is 0 Å². The van der Waals surface area contributed by atoms with E-state index in [2.05, 4.69) is 4.98 Å². The number of hydrogen-bond acceptors (Lipinski definition) is 2. The van der Waals surface area contributed by atoms with Crippen LogP contribution in [0, 0.1) is 28.8 Å². The van der Waals surface area contributed by atoms with Crippen molar-refractivity contribution in [3.63, 3.8) is 0 Å². The second-order valence-electron chi connectivity index (χ2n) is 6.40. The van der Waals surface area contributed by atoms with Crippen molar-refractivity contribution in [3.8, 4) is 6.07 Å². The van der Waals surface area contributed by atoms with Crippen molar-refractivity contribution in [2.24, 2.45) is 0 Å². The standard InChI is InChI=1S/C19H12F3N3O/c1-8(2)25-17-11(6-12(20)15(21)16(17)22)18(26)14-10-4-3-9(7-23)5-13(10)24-19(14)25/h3-6,8,24H,1-2H3. The number of pyridine rings is 1. The van der Waals surface area contributed by atoms with Gasteiger partial charge in [0, 0.05) is 16.9 Å². The molecule has 2 aromatic heterocycles. The highest BCUT2D eigenvalue weighted by molar-refractivity contribution is 6.10. The van der Waals surface area contributed by atoms with Crippen molar-refractivity contribution in [1.29, 1.82) is 5.26 Å². The summed E-state index contributed by atoms with van der Waals surface area (Å²) in [4.78, 5) is 16.0. The van der Waals surface area contributed by atoms with E-state index in [-0.39, 0.29) is 22.3 Å². The summed E-state index contributed by atoms with van der Waals surface area (Å²) in [6, 6.07) is 7.14. The molecule has 0 aliphatic rings. The Morgan fingerprint density at radius 2 is 1.85 bits per heavy atom. The maximum Gasteiger partial charge on any atom is 0.199 e. The van der Waals surface area contributed by atoms with Crippen LogP contribution in [0.4, 0.5) is 13.2 Å². The lowest BCUT2D eigenvalue weighted by molar-refractivity contribution is 0.449. The summed E-state index contributed by atoms with van der Waals surface area (Å²) in [6.45, 7) is 3.49. The molecular formula is C19H12F3N3O. The number of nitriles is 1. The van der Waals surface area contributed by atoms with E-state index in [0.29, 0.717) is 22.1 Å². The first-order chi connectivity index (χ1) is 12.3. The smallest absolute Gasteiger partial charge is 0.199 e. The van der Waals surface area contributed by atoms with E-state index < -0.39 is 22.9 Å². The number of benzene rings is 2. The van der Waals surface area contributed by atoms with E-state index in [1.807, 2.05) is 6.07 Å². The summed E-state index contributed by atoms with van der Waals surface area (Å²) in [6.07, 6.45) is 0. The van der Waals surface area contributed by atoms with Gasteiger partial charge in [0.05, 0.1) is 27.9 Å². The Morgan fingerprint density at radius 3 is 2.50 bits per heavy atom. The van der Waals surface area contributed by atoms with E-state index in [4.69, 9.17) is 5.26 Å². The molecule has 0 unspecified atom stereocenters. The van der Waals surface area contributed by atoms with E-state index >= 15 is 0 Å². The Morgan fingerprint density at radius 1 is 1.12 bits per heavy atom. The number of nitrogens with one attached hydrogen (secondary N) is 1. The molecule has 0 saturated carbocycles. The lowest BCUT2D eigenvalue weighted by atomic mass is 10.1. The van der Waals surface area contributed by atoms with E-state index in [1.54, 1.807) is 32.0 Å². The van der Waals surface area contributed by atoms with Gasteiger partial charge in [0.1, 0.15) is 5.65 Å². The number of fused-ring (bicyclic) bond motifs is 4. The molecule has 0 atom stereocenters. The Bertz CT molecular complexity index is 1330.